The molecule has 0 unspecified atom stereocenters. The van der Waals surface area contributed by atoms with Crippen LogP contribution in [0.15, 0.2) is 36.4 Å². The molecule has 0 heterocycles. The SMILES string of the molecule is CCCc1c(C)cccc1Nc1cccc2c1CCCC2. The minimum atomic E-state index is 1.14. The van der Waals surface area contributed by atoms with Crippen molar-refractivity contribution in [2.75, 3.05) is 5.32 Å². The Morgan fingerprint density at radius 2 is 1.71 bits per heavy atom. The topological polar surface area (TPSA) is 12.0 Å². The van der Waals surface area contributed by atoms with E-state index < -0.39 is 0 Å². The van der Waals surface area contributed by atoms with Gasteiger partial charge in [0, 0.05) is 11.4 Å². The summed E-state index contributed by atoms with van der Waals surface area (Å²) >= 11 is 0. The third-order valence-electron chi connectivity index (χ3n) is 4.58. The van der Waals surface area contributed by atoms with Gasteiger partial charge < -0.3 is 5.32 Å². The first kappa shape index (κ1) is 14.2. The Morgan fingerprint density at radius 1 is 0.952 bits per heavy atom. The Bertz CT molecular complexity index is 628. The number of aryl methyl sites for hydroxylation is 2. The third kappa shape index (κ3) is 2.97. The molecule has 0 radical (unpaired) electrons. The number of benzene rings is 2. The van der Waals surface area contributed by atoms with Crippen LogP contribution in [0.3, 0.4) is 0 Å². The van der Waals surface area contributed by atoms with Crippen molar-refractivity contribution in [2.45, 2.75) is 52.4 Å². The number of rotatable bonds is 4. The fourth-order valence-corrected chi connectivity index (χ4v) is 3.44. The summed E-state index contributed by atoms with van der Waals surface area (Å²) in [6.45, 7) is 4.47. The van der Waals surface area contributed by atoms with Crippen LogP contribution in [0, 0.1) is 6.92 Å². The Kier molecular flexibility index (Phi) is 4.28. The van der Waals surface area contributed by atoms with E-state index >= 15 is 0 Å². The average molecular weight is 279 g/mol. The Morgan fingerprint density at radius 3 is 2.57 bits per heavy atom. The first-order valence-corrected chi connectivity index (χ1v) is 8.26. The lowest BCUT2D eigenvalue weighted by Gasteiger charge is -2.21. The van der Waals surface area contributed by atoms with Crippen LogP contribution in [0.2, 0.25) is 0 Å². The van der Waals surface area contributed by atoms with Crippen molar-refractivity contribution in [2.24, 2.45) is 0 Å². The predicted octanol–water partition coefficient (Wildman–Crippen LogP) is 5.57. The summed E-state index contributed by atoms with van der Waals surface area (Å²) in [4.78, 5) is 0. The highest BCUT2D eigenvalue weighted by molar-refractivity contribution is 5.68. The van der Waals surface area contributed by atoms with Crippen LogP contribution in [0.25, 0.3) is 0 Å². The van der Waals surface area contributed by atoms with Crippen LogP contribution in [-0.4, -0.2) is 0 Å². The molecule has 110 valence electrons. The van der Waals surface area contributed by atoms with Gasteiger partial charge in [0.25, 0.3) is 0 Å². The lowest BCUT2D eigenvalue weighted by molar-refractivity contribution is 0.687. The van der Waals surface area contributed by atoms with Crippen molar-refractivity contribution in [3.05, 3.63) is 58.7 Å². The van der Waals surface area contributed by atoms with Gasteiger partial charge in [0.15, 0.2) is 0 Å². The first-order chi connectivity index (χ1) is 10.3. The number of nitrogens with one attached hydrogen (secondary N) is 1. The molecule has 0 saturated heterocycles. The van der Waals surface area contributed by atoms with E-state index in [9.17, 15) is 0 Å². The monoisotopic (exact) mass is 279 g/mol. The largest absolute Gasteiger partial charge is 0.355 e. The van der Waals surface area contributed by atoms with Crippen LogP contribution in [0.4, 0.5) is 11.4 Å². The van der Waals surface area contributed by atoms with Crippen LogP contribution < -0.4 is 5.32 Å². The molecule has 21 heavy (non-hydrogen) atoms. The summed E-state index contributed by atoms with van der Waals surface area (Å²) in [5, 5.41) is 3.73. The summed E-state index contributed by atoms with van der Waals surface area (Å²) in [6, 6.07) is 13.3. The molecule has 0 spiro atoms. The average Bonchev–Trinajstić information content (AvgIpc) is 2.51. The van der Waals surface area contributed by atoms with E-state index in [4.69, 9.17) is 0 Å². The summed E-state index contributed by atoms with van der Waals surface area (Å²) in [5.74, 6) is 0. The quantitative estimate of drug-likeness (QED) is 0.771. The maximum atomic E-state index is 3.73. The van der Waals surface area contributed by atoms with Gasteiger partial charge in [-0.3, -0.25) is 0 Å². The van der Waals surface area contributed by atoms with Gasteiger partial charge in [-0.2, -0.15) is 0 Å². The summed E-state index contributed by atoms with van der Waals surface area (Å²) in [6.07, 6.45) is 7.44. The molecule has 0 saturated carbocycles. The zero-order valence-electron chi connectivity index (χ0n) is 13.2. The second-order valence-corrected chi connectivity index (χ2v) is 6.13. The van der Waals surface area contributed by atoms with Crippen molar-refractivity contribution >= 4 is 11.4 Å². The number of hydrogen-bond acceptors (Lipinski definition) is 1. The summed E-state index contributed by atoms with van der Waals surface area (Å²) < 4.78 is 0. The molecule has 1 heteroatoms. The normalized spacial score (nSPS) is 13.8. The molecule has 3 rings (SSSR count). The van der Waals surface area contributed by atoms with Gasteiger partial charge in [-0.1, -0.05) is 37.6 Å². The summed E-state index contributed by atoms with van der Waals surface area (Å²) in [5.41, 5.74) is 8.54. The molecule has 1 aliphatic carbocycles. The molecule has 0 amide bonds. The highest BCUT2D eigenvalue weighted by atomic mass is 14.9. The Labute approximate surface area is 128 Å². The van der Waals surface area contributed by atoms with Crippen molar-refractivity contribution in [3.8, 4) is 0 Å². The highest BCUT2D eigenvalue weighted by Gasteiger charge is 2.14. The minimum absolute atomic E-state index is 1.14. The van der Waals surface area contributed by atoms with E-state index in [0.29, 0.717) is 0 Å². The molecule has 1 aliphatic rings. The van der Waals surface area contributed by atoms with E-state index in [1.54, 1.807) is 0 Å². The Hall–Kier alpha value is -1.76. The van der Waals surface area contributed by atoms with Crippen LogP contribution in [0.1, 0.15) is 48.4 Å². The van der Waals surface area contributed by atoms with Crippen molar-refractivity contribution in [1.29, 1.82) is 0 Å². The van der Waals surface area contributed by atoms with Gasteiger partial charge in [-0.25, -0.2) is 0 Å². The van der Waals surface area contributed by atoms with Gasteiger partial charge in [0.1, 0.15) is 0 Å². The predicted molar refractivity (Wildman–Crippen MR) is 91.5 cm³/mol. The van der Waals surface area contributed by atoms with E-state index in [2.05, 4.69) is 55.6 Å². The van der Waals surface area contributed by atoms with Crippen molar-refractivity contribution < 1.29 is 0 Å². The van der Waals surface area contributed by atoms with Gasteiger partial charge in [-0.05, 0) is 73.4 Å². The first-order valence-electron chi connectivity index (χ1n) is 8.26. The second kappa shape index (κ2) is 6.34. The van der Waals surface area contributed by atoms with E-state index in [1.807, 2.05) is 0 Å². The zero-order valence-corrected chi connectivity index (χ0v) is 13.2. The van der Waals surface area contributed by atoms with E-state index in [1.165, 1.54) is 65.7 Å². The molecular formula is C20H25N. The van der Waals surface area contributed by atoms with Crippen molar-refractivity contribution in [3.63, 3.8) is 0 Å². The molecule has 0 aromatic heterocycles. The molecule has 1 N–H and O–H groups in total. The fourth-order valence-electron chi connectivity index (χ4n) is 3.44. The van der Waals surface area contributed by atoms with Crippen LogP contribution in [-0.2, 0) is 19.3 Å². The lowest BCUT2D eigenvalue weighted by atomic mass is 9.90. The number of hydrogen-bond donors (Lipinski definition) is 1. The van der Waals surface area contributed by atoms with Gasteiger partial charge in [0.05, 0.1) is 0 Å². The van der Waals surface area contributed by atoms with Gasteiger partial charge in [-0.15, -0.1) is 0 Å². The van der Waals surface area contributed by atoms with Crippen LogP contribution in [0.5, 0.6) is 0 Å². The molecule has 0 atom stereocenters. The maximum Gasteiger partial charge on any atom is 0.0419 e. The summed E-state index contributed by atoms with van der Waals surface area (Å²) in [7, 11) is 0. The molecular weight excluding hydrogens is 254 g/mol. The molecule has 0 aliphatic heterocycles. The van der Waals surface area contributed by atoms with E-state index in [-0.39, 0.29) is 0 Å². The fraction of sp³-hybridized carbons (Fsp3) is 0.400. The smallest absolute Gasteiger partial charge is 0.0419 e. The molecule has 2 aromatic rings. The Balaban J connectivity index is 1.96. The zero-order chi connectivity index (χ0) is 14.7. The van der Waals surface area contributed by atoms with Gasteiger partial charge >= 0.3 is 0 Å². The molecule has 0 bridgehead atoms. The third-order valence-corrected chi connectivity index (χ3v) is 4.58. The lowest BCUT2D eigenvalue weighted by Crippen LogP contribution is -2.07. The molecule has 0 fully saturated rings. The number of fused-ring (bicyclic) bond motifs is 1. The number of anilines is 2. The van der Waals surface area contributed by atoms with Gasteiger partial charge in [0.2, 0.25) is 0 Å². The highest BCUT2D eigenvalue weighted by Crippen LogP contribution is 2.32. The van der Waals surface area contributed by atoms with Crippen molar-refractivity contribution in [1.82, 2.24) is 0 Å². The molecule has 1 nitrogen and oxygen atoms in total. The minimum Gasteiger partial charge on any atom is -0.355 e. The second-order valence-electron chi connectivity index (χ2n) is 6.13. The molecule has 2 aromatic carbocycles. The standard InChI is InChI=1S/C20H25N/c1-3-8-17-15(2)9-6-13-19(17)21-20-14-7-11-16-10-4-5-12-18(16)20/h6-7,9,11,13-14,21H,3-5,8,10,12H2,1-2H3. The maximum absolute atomic E-state index is 3.73. The van der Waals surface area contributed by atoms with Crippen LogP contribution >= 0.6 is 0 Å². The van der Waals surface area contributed by atoms with E-state index in [0.717, 1.165) is 6.42 Å².